The second-order valence-corrected chi connectivity index (χ2v) is 8.46. The van der Waals surface area contributed by atoms with Crippen molar-refractivity contribution in [2.24, 2.45) is 21.1 Å². The lowest BCUT2D eigenvalue weighted by Crippen LogP contribution is -2.37. The SMILES string of the molecule is Cn1c(=O)c2c(nc(Sc3ccccc3NC(=O)Nc3cccc(Cl)c3)n2C)n(C)c1=O. The molecule has 0 aliphatic rings. The van der Waals surface area contributed by atoms with Crippen molar-refractivity contribution in [1.29, 1.82) is 0 Å². The molecule has 2 amide bonds. The number of aromatic nitrogens is 4. The van der Waals surface area contributed by atoms with Crippen molar-refractivity contribution in [1.82, 2.24) is 18.7 Å². The van der Waals surface area contributed by atoms with Gasteiger partial charge in [0.1, 0.15) is 0 Å². The number of rotatable bonds is 4. The van der Waals surface area contributed by atoms with Gasteiger partial charge in [-0.05, 0) is 42.1 Å². The van der Waals surface area contributed by atoms with Gasteiger partial charge in [0.05, 0.1) is 5.69 Å². The Bertz CT molecular complexity index is 1470. The molecule has 2 heterocycles. The molecule has 0 saturated heterocycles. The fourth-order valence-corrected chi connectivity index (χ4v) is 4.32. The number of fused-ring (bicyclic) bond motifs is 1. The summed E-state index contributed by atoms with van der Waals surface area (Å²) in [6.45, 7) is 0. The lowest BCUT2D eigenvalue weighted by molar-refractivity contribution is 0.262. The molecule has 0 radical (unpaired) electrons. The van der Waals surface area contributed by atoms with Crippen LogP contribution in [-0.4, -0.2) is 24.7 Å². The van der Waals surface area contributed by atoms with Gasteiger partial charge in [-0.3, -0.25) is 13.9 Å². The second kappa shape index (κ2) is 8.56. The average molecular weight is 471 g/mol. The Kier molecular flexibility index (Phi) is 5.81. The highest BCUT2D eigenvalue weighted by atomic mass is 35.5. The number of nitrogens with zero attached hydrogens (tertiary/aromatic N) is 4. The number of halogens is 1. The number of carbonyl (C=O) groups is 1. The lowest BCUT2D eigenvalue weighted by atomic mass is 10.3. The molecule has 0 saturated carbocycles. The van der Waals surface area contributed by atoms with E-state index in [1.807, 2.05) is 12.1 Å². The number of nitrogens with one attached hydrogen (secondary N) is 2. The van der Waals surface area contributed by atoms with Crippen LogP contribution in [0.4, 0.5) is 16.2 Å². The van der Waals surface area contributed by atoms with Crippen molar-refractivity contribution < 1.29 is 4.79 Å². The predicted octanol–water partition coefficient (Wildman–Crippen LogP) is 3.42. The van der Waals surface area contributed by atoms with Crippen molar-refractivity contribution in [2.45, 2.75) is 10.1 Å². The van der Waals surface area contributed by atoms with Crippen molar-refractivity contribution in [3.8, 4) is 0 Å². The van der Waals surface area contributed by atoms with Gasteiger partial charge in [0.2, 0.25) is 0 Å². The number of amides is 2. The Morgan fingerprint density at radius 1 is 0.969 bits per heavy atom. The summed E-state index contributed by atoms with van der Waals surface area (Å²) in [6, 6.07) is 13.6. The van der Waals surface area contributed by atoms with Crippen molar-refractivity contribution in [2.75, 3.05) is 10.6 Å². The molecule has 0 fully saturated rings. The van der Waals surface area contributed by atoms with Gasteiger partial charge < -0.3 is 15.2 Å². The first-order valence-corrected chi connectivity index (χ1v) is 10.7. The number of hydrogen-bond donors (Lipinski definition) is 2. The predicted molar refractivity (Wildman–Crippen MR) is 126 cm³/mol. The molecular formula is C21H19ClN6O3S. The van der Waals surface area contributed by atoms with Crippen LogP contribution >= 0.6 is 23.4 Å². The Morgan fingerprint density at radius 2 is 1.72 bits per heavy atom. The van der Waals surface area contributed by atoms with Crippen molar-refractivity contribution in [3.05, 3.63) is 74.4 Å². The zero-order valence-electron chi connectivity index (χ0n) is 17.4. The van der Waals surface area contributed by atoms with E-state index in [0.717, 1.165) is 4.57 Å². The van der Waals surface area contributed by atoms with E-state index in [1.165, 1.54) is 23.4 Å². The molecular weight excluding hydrogens is 452 g/mol. The zero-order chi connectivity index (χ0) is 23.0. The van der Waals surface area contributed by atoms with E-state index in [1.54, 1.807) is 55.1 Å². The van der Waals surface area contributed by atoms with Gasteiger partial charge in [-0.1, -0.05) is 29.8 Å². The van der Waals surface area contributed by atoms with E-state index in [2.05, 4.69) is 15.6 Å². The van der Waals surface area contributed by atoms with E-state index in [9.17, 15) is 14.4 Å². The van der Waals surface area contributed by atoms with E-state index < -0.39 is 17.3 Å². The van der Waals surface area contributed by atoms with Crippen LogP contribution in [0.2, 0.25) is 5.02 Å². The number of hydrogen-bond acceptors (Lipinski definition) is 5. The molecule has 9 nitrogen and oxygen atoms in total. The minimum absolute atomic E-state index is 0.298. The molecule has 0 aliphatic carbocycles. The van der Waals surface area contributed by atoms with Gasteiger partial charge in [-0.2, -0.15) is 0 Å². The Labute approximate surface area is 191 Å². The number of carbonyl (C=O) groups excluding carboxylic acids is 1. The van der Waals surface area contributed by atoms with Crippen LogP contribution in [0, 0.1) is 0 Å². The van der Waals surface area contributed by atoms with E-state index in [-0.39, 0.29) is 0 Å². The highest BCUT2D eigenvalue weighted by molar-refractivity contribution is 7.99. The van der Waals surface area contributed by atoms with Gasteiger partial charge in [-0.15, -0.1) is 0 Å². The largest absolute Gasteiger partial charge is 0.332 e. The molecule has 2 N–H and O–H groups in total. The topological polar surface area (TPSA) is 103 Å². The number of imidazole rings is 1. The summed E-state index contributed by atoms with van der Waals surface area (Å²) in [4.78, 5) is 42.5. The molecule has 0 spiro atoms. The fraction of sp³-hybridized carbons (Fsp3) is 0.143. The number of benzene rings is 2. The molecule has 2 aromatic carbocycles. The van der Waals surface area contributed by atoms with Crippen LogP contribution < -0.4 is 21.9 Å². The highest BCUT2D eigenvalue weighted by Gasteiger charge is 2.19. The van der Waals surface area contributed by atoms with Crippen LogP contribution in [0.25, 0.3) is 11.2 Å². The summed E-state index contributed by atoms with van der Waals surface area (Å²) >= 11 is 7.24. The first kappa shape index (κ1) is 21.7. The molecule has 164 valence electrons. The molecule has 4 aromatic rings. The van der Waals surface area contributed by atoms with Crippen LogP contribution in [0.15, 0.2) is 68.2 Å². The molecule has 4 rings (SSSR count). The Hall–Kier alpha value is -3.50. The molecule has 32 heavy (non-hydrogen) atoms. The maximum Gasteiger partial charge on any atom is 0.332 e. The van der Waals surface area contributed by atoms with Gasteiger partial charge >= 0.3 is 11.7 Å². The number of aryl methyl sites for hydroxylation is 2. The fourth-order valence-electron chi connectivity index (χ4n) is 3.20. The third-order valence-electron chi connectivity index (χ3n) is 4.85. The summed E-state index contributed by atoms with van der Waals surface area (Å²) in [5.41, 5.74) is 0.876. The normalized spacial score (nSPS) is 11.0. The van der Waals surface area contributed by atoms with Gasteiger partial charge in [0.25, 0.3) is 5.56 Å². The average Bonchev–Trinajstić information content (AvgIpc) is 3.08. The molecule has 0 bridgehead atoms. The van der Waals surface area contributed by atoms with Crippen molar-refractivity contribution in [3.63, 3.8) is 0 Å². The first-order valence-electron chi connectivity index (χ1n) is 9.49. The van der Waals surface area contributed by atoms with Crippen LogP contribution in [0.3, 0.4) is 0 Å². The highest BCUT2D eigenvalue weighted by Crippen LogP contribution is 2.33. The van der Waals surface area contributed by atoms with Crippen LogP contribution in [0.5, 0.6) is 0 Å². The van der Waals surface area contributed by atoms with E-state index in [4.69, 9.17) is 11.6 Å². The second-order valence-electron chi connectivity index (χ2n) is 7.02. The van der Waals surface area contributed by atoms with Gasteiger partial charge in [-0.25, -0.2) is 14.6 Å². The number of anilines is 2. The Balaban J connectivity index is 1.65. The molecule has 0 aliphatic heterocycles. The van der Waals surface area contributed by atoms with Gasteiger partial charge in [0, 0.05) is 36.7 Å². The standard InChI is InChI=1S/C21H19ClN6O3S/c1-26-16-17(27(2)21(31)28(3)18(16)29)25-20(26)32-15-10-5-4-9-14(15)24-19(30)23-13-8-6-7-12(22)11-13/h4-11H,1-3H3,(H2,23,24,30). The minimum Gasteiger partial charge on any atom is -0.316 e. The smallest absolute Gasteiger partial charge is 0.316 e. The summed E-state index contributed by atoms with van der Waals surface area (Å²) < 4.78 is 4.03. The minimum atomic E-state index is -0.447. The first-order chi connectivity index (χ1) is 15.3. The van der Waals surface area contributed by atoms with Crippen LogP contribution in [-0.2, 0) is 21.1 Å². The molecule has 0 atom stereocenters. The van der Waals surface area contributed by atoms with E-state index >= 15 is 0 Å². The third-order valence-corrected chi connectivity index (χ3v) is 6.21. The Morgan fingerprint density at radius 3 is 2.47 bits per heavy atom. The number of para-hydroxylation sites is 1. The summed E-state index contributed by atoms with van der Waals surface area (Å²) in [5.74, 6) is 0. The maximum atomic E-state index is 12.6. The molecule has 2 aromatic heterocycles. The quantitative estimate of drug-likeness (QED) is 0.475. The molecule has 11 heteroatoms. The van der Waals surface area contributed by atoms with E-state index in [0.29, 0.717) is 37.6 Å². The summed E-state index contributed by atoms with van der Waals surface area (Å²) in [7, 11) is 4.72. The lowest BCUT2D eigenvalue weighted by Gasteiger charge is -2.11. The summed E-state index contributed by atoms with van der Waals surface area (Å²) in [6.07, 6.45) is 0. The third kappa shape index (κ3) is 4.02. The number of urea groups is 1. The van der Waals surface area contributed by atoms with Crippen molar-refractivity contribution >= 4 is 51.9 Å². The maximum absolute atomic E-state index is 12.6. The monoisotopic (exact) mass is 470 g/mol. The van der Waals surface area contributed by atoms with Crippen LogP contribution in [0.1, 0.15) is 0 Å². The summed E-state index contributed by atoms with van der Waals surface area (Å²) in [5, 5.41) is 6.57. The van der Waals surface area contributed by atoms with Gasteiger partial charge in [0.15, 0.2) is 16.3 Å². The molecule has 0 unspecified atom stereocenters. The zero-order valence-corrected chi connectivity index (χ0v) is 19.0.